The minimum Gasteiger partial charge on any atom is -0.322 e. The maximum absolute atomic E-state index is 13.2. The molecular formula is C12H7ClF2N2O. The van der Waals surface area contributed by atoms with Crippen LogP contribution in [0.25, 0.3) is 0 Å². The van der Waals surface area contributed by atoms with Crippen molar-refractivity contribution in [1.29, 1.82) is 0 Å². The van der Waals surface area contributed by atoms with Gasteiger partial charge in [0.05, 0.1) is 10.6 Å². The number of anilines is 1. The van der Waals surface area contributed by atoms with E-state index in [4.69, 9.17) is 11.6 Å². The third-order valence-electron chi connectivity index (χ3n) is 2.18. The van der Waals surface area contributed by atoms with Gasteiger partial charge in [-0.15, -0.1) is 0 Å². The molecule has 0 spiro atoms. The third kappa shape index (κ3) is 2.62. The smallest absolute Gasteiger partial charge is 0.260 e. The fourth-order valence-corrected chi connectivity index (χ4v) is 1.51. The lowest BCUT2D eigenvalue weighted by atomic mass is 10.2. The zero-order valence-corrected chi connectivity index (χ0v) is 9.71. The van der Waals surface area contributed by atoms with Crippen molar-refractivity contribution < 1.29 is 13.6 Å². The summed E-state index contributed by atoms with van der Waals surface area (Å²) in [7, 11) is 0. The number of hydrogen-bond donors (Lipinski definition) is 1. The Morgan fingerprint density at radius 1 is 1.28 bits per heavy atom. The van der Waals surface area contributed by atoms with Gasteiger partial charge in [0.25, 0.3) is 5.91 Å². The summed E-state index contributed by atoms with van der Waals surface area (Å²) >= 11 is 5.56. The number of hydrogen-bond acceptors (Lipinski definition) is 2. The molecule has 0 radical (unpaired) electrons. The van der Waals surface area contributed by atoms with Crippen LogP contribution in [-0.2, 0) is 0 Å². The van der Waals surface area contributed by atoms with E-state index in [1.54, 1.807) is 0 Å². The normalized spacial score (nSPS) is 10.2. The molecule has 3 nitrogen and oxygen atoms in total. The highest BCUT2D eigenvalue weighted by Crippen LogP contribution is 2.20. The Morgan fingerprint density at radius 2 is 2.06 bits per heavy atom. The van der Waals surface area contributed by atoms with Gasteiger partial charge in [-0.3, -0.25) is 4.79 Å². The van der Waals surface area contributed by atoms with Gasteiger partial charge in [-0.05, 0) is 30.3 Å². The Bertz CT molecular complexity index is 604. The van der Waals surface area contributed by atoms with Gasteiger partial charge in [-0.25, -0.2) is 9.37 Å². The Balaban J connectivity index is 2.22. The molecule has 2 aromatic rings. The summed E-state index contributed by atoms with van der Waals surface area (Å²) in [4.78, 5) is 15.1. The van der Waals surface area contributed by atoms with Crippen LogP contribution in [0.3, 0.4) is 0 Å². The second-order valence-corrected chi connectivity index (χ2v) is 3.83. The van der Waals surface area contributed by atoms with Crippen molar-refractivity contribution in [2.24, 2.45) is 0 Å². The van der Waals surface area contributed by atoms with Crippen LogP contribution in [0.1, 0.15) is 10.4 Å². The van der Waals surface area contributed by atoms with Crippen LogP contribution >= 0.6 is 11.6 Å². The van der Waals surface area contributed by atoms with Crippen LogP contribution in [0, 0.1) is 11.8 Å². The predicted octanol–water partition coefficient (Wildman–Crippen LogP) is 3.27. The maximum atomic E-state index is 13.2. The Labute approximate surface area is 106 Å². The van der Waals surface area contributed by atoms with E-state index in [0.717, 1.165) is 6.07 Å². The van der Waals surface area contributed by atoms with Crippen LogP contribution < -0.4 is 5.32 Å². The van der Waals surface area contributed by atoms with Crippen molar-refractivity contribution in [2.45, 2.75) is 0 Å². The summed E-state index contributed by atoms with van der Waals surface area (Å²) in [6.07, 6.45) is 1.24. The van der Waals surface area contributed by atoms with Crippen molar-refractivity contribution >= 4 is 23.2 Å². The fraction of sp³-hybridized carbons (Fsp3) is 0. The highest BCUT2D eigenvalue weighted by molar-refractivity contribution is 6.31. The number of nitrogens with one attached hydrogen (secondary N) is 1. The Hall–Kier alpha value is -2.01. The zero-order chi connectivity index (χ0) is 13.1. The van der Waals surface area contributed by atoms with E-state index in [1.807, 2.05) is 0 Å². The van der Waals surface area contributed by atoms with Crippen molar-refractivity contribution in [3.05, 3.63) is 58.9 Å². The number of halogens is 3. The average Bonchev–Trinajstić information content (AvgIpc) is 2.34. The van der Waals surface area contributed by atoms with Gasteiger partial charge in [0.1, 0.15) is 5.82 Å². The zero-order valence-electron chi connectivity index (χ0n) is 8.95. The van der Waals surface area contributed by atoms with E-state index in [1.165, 1.54) is 30.5 Å². The molecule has 0 unspecified atom stereocenters. The van der Waals surface area contributed by atoms with E-state index in [2.05, 4.69) is 10.3 Å². The van der Waals surface area contributed by atoms with Crippen LogP contribution in [0.4, 0.5) is 14.5 Å². The molecular weight excluding hydrogens is 262 g/mol. The molecule has 0 fully saturated rings. The molecule has 2 rings (SSSR count). The van der Waals surface area contributed by atoms with E-state index in [-0.39, 0.29) is 16.3 Å². The van der Waals surface area contributed by atoms with Gasteiger partial charge in [0.2, 0.25) is 5.95 Å². The quantitative estimate of drug-likeness (QED) is 0.850. The van der Waals surface area contributed by atoms with Gasteiger partial charge < -0.3 is 5.32 Å². The van der Waals surface area contributed by atoms with Crippen LogP contribution in [0.5, 0.6) is 0 Å². The van der Waals surface area contributed by atoms with Crippen LogP contribution in [0.2, 0.25) is 5.02 Å². The molecule has 0 saturated carbocycles. The third-order valence-corrected chi connectivity index (χ3v) is 2.47. The van der Waals surface area contributed by atoms with E-state index >= 15 is 0 Å². The molecule has 1 amide bonds. The number of pyridine rings is 1. The molecule has 0 aliphatic rings. The molecule has 1 N–H and O–H groups in total. The molecule has 0 aliphatic heterocycles. The Morgan fingerprint density at radius 3 is 2.72 bits per heavy atom. The van der Waals surface area contributed by atoms with Crippen LogP contribution in [0.15, 0.2) is 36.5 Å². The lowest BCUT2D eigenvalue weighted by molar-refractivity contribution is 0.102. The molecule has 1 aromatic heterocycles. The van der Waals surface area contributed by atoms with E-state index in [0.29, 0.717) is 0 Å². The SMILES string of the molecule is O=C(Nc1ccc(F)c(Cl)c1)c1cccnc1F. The molecule has 6 heteroatoms. The highest BCUT2D eigenvalue weighted by Gasteiger charge is 2.12. The number of nitrogens with zero attached hydrogens (tertiary/aromatic N) is 1. The number of rotatable bonds is 2. The molecule has 0 atom stereocenters. The molecule has 92 valence electrons. The molecule has 0 aliphatic carbocycles. The first-order valence-corrected chi connectivity index (χ1v) is 5.32. The summed E-state index contributed by atoms with van der Waals surface area (Å²) in [6, 6.07) is 6.41. The first kappa shape index (κ1) is 12.4. The second-order valence-electron chi connectivity index (χ2n) is 3.42. The lowest BCUT2D eigenvalue weighted by Crippen LogP contribution is -2.14. The number of carbonyl (C=O) groups is 1. The minimum absolute atomic E-state index is 0.126. The van der Waals surface area contributed by atoms with E-state index < -0.39 is 17.7 Å². The number of benzene rings is 1. The highest BCUT2D eigenvalue weighted by atomic mass is 35.5. The number of aromatic nitrogens is 1. The molecule has 1 heterocycles. The summed E-state index contributed by atoms with van der Waals surface area (Å²) < 4.78 is 26.1. The molecule has 18 heavy (non-hydrogen) atoms. The predicted molar refractivity (Wildman–Crippen MR) is 63.6 cm³/mol. The second kappa shape index (κ2) is 5.10. The summed E-state index contributed by atoms with van der Waals surface area (Å²) in [5.41, 5.74) is 0.0765. The van der Waals surface area contributed by atoms with Gasteiger partial charge >= 0.3 is 0 Å². The average molecular weight is 269 g/mol. The van der Waals surface area contributed by atoms with Crippen molar-refractivity contribution in [2.75, 3.05) is 5.32 Å². The Kier molecular flexibility index (Phi) is 3.53. The van der Waals surface area contributed by atoms with Gasteiger partial charge in [-0.1, -0.05) is 11.6 Å². The first-order valence-electron chi connectivity index (χ1n) is 4.95. The molecule has 0 saturated heterocycles. The summed E-state index contributed by atoms with van der Waals surface area (Å²) in [5.74, 6) is -2.14. The largest absolute Gasteiger partial charge is 0.322 e. The van der Waals surface area contributed by atoms with Crippen molar-refractivity contribution in [3.63, 3.8) is 0 Å². The molecule has 0 bridgehead atoms. The lowest BCUT2D eigenvalue weighted by Gasteiger charge is -2.06. The summed E-state index contributed by atoms with van der Waals surface area (Å²) in [5, 5.41) is 2.27. The minimum atomic E-state index is -0.872. The standard InChI is InChI=1S/C12H7ClF2N2O/c13-9-6-7(3-4-10(9)14)17-12(18)8-2-1-5-16-11(8)15/h1-6H,(H,17,18). The summed E-state index contributed by atoms with van der Waals surface area (Å²) in [6.45, 7) is 0. The number of amides is 1. The first-order chi connectivity index (χ1) is 8.58. The topological polar surface area (TPSA) is 42.0 Å². The van der Waals surface area contributed by atoms with Gasteiger partial charge in [0, 0.05) is 11.9 Å². The number of carbonyl (C=O) groups excluding carboxylic acids is 1. The molecule has 1 aromatic carbocycles. The monoisotopic (exact) mass is 268 g/mol. The van der Waals surface area contributed by atoms with Crippen LogP contribution in [-0.4, -0.2) is 10.9 Å². The van der Waals surface area contributed by atoms with Gasteiger partial charge in [-0.2, -0.15) is 4.39 Å². The fourth-order valence-electron chi connectivity index (χ4n) is 1.33. The van der Waals surface area contributed by atoms with E-state index in [9.17, 15) is 13.6 Å². The van der Waals surface area contributed by atoms with Gasteiger partial charge in [0.15, 0.2) is 0 Å². The maximum Gasteiger partial charge on any atom is 0.260 e. The van der Waals surface area contributed by atoms with Crippen molar-refractivity contribution in [1.82, 2.24) is 4.98 Å². The van der Waals surface area contributed by atoms with Crippen molar-refractivity contribution in [3.8, 4) is 0 Å².